The molecule has 5 heteroatoms. The number of nitrogens with two attached hydrogens (primary N) is 1. The molecule has 102 valence electrons. The molecular weight excluding hydrogens is 252 g/mol. The van der Waals surface area contributed by atoms with Crippen LogP contribution >= 0.6 is 0 Å². The SMILES string of the molecule is CCn1ccn(Cc2ccc(N)c3cccnc23)c1=O. The predicted molar refractivity (Wildman–Crippen MR) is 79.6 cm³/mol. The summed E-state index contributed by atoms with van der Waals surface area (Å²) < 4.78 is 3.36. The van der Waals surface area contributed by atoms with Crippen LogP contribution in [0.2, 0.25) is 0 Å². The van der Waals surface area contributed by atoms with Gasteiger partial charge >= 0.3 is 5.69 Å². The number of imidazole rings is 1. The number of anilines is 1. The molecule has 20 heavy (non-hydrogen) atoms. The van der Waals surface area contributed by atoms with Gasteiger partial charge in [0.15, 0.2) is 0 Å². The Hall–Kier alpha value is -2.56. The molecule has 0 amide bonds. The summed E-state index contributed by atoms with van der Waals surface area (Å²) >= 11 is 0. The Bertz CT molecular complexity index is 816. The first-order chi connectivity index (χ1) is 9.70. The van der Waals surface area contributed by atoms with E-state index < -0.39 is 0 Å². The van der Waals surface area contributed by atoms with Gasteiger partial charge in [-0.2, -0.15) is 0 Å². The monoisotopic (exact) mass is 268 g/mol. The third kappa shape index (κ3) is 1.97. The average Bonchev–Trinajstić information content (AvgIpc) is 2.83. The minimum Gasteiger partial charge on any atom is -0.398 e. The van der Waals surface area contributed by atoms with Gasteiger partial charge < -0.3 is 5.73 Å². The highest BCUT2D eigenvalue weighted by Gasteiger charge is 2.08. The molecule has 0 fully saturated rings. The molecule has 2 aromatic heterocycles. The summed E-state index contributed by atoms with van der Waals surface area (Å²) in [5, 5.41) is 0.924. The molecule has 0 bridgehead atoms. The lowest BCUT2D eigenvalue weighted by atomic mass is 10.1. The predicted octanol–water partition coefficient (Wildman–Crippen LogP) is 1.85. The number of fused-ring (bicyclic) bond motifs is 1. The fourth-order valence-corrected chi connectivity index (χ4v) is 2.38. The quantitative estimate of drug-likeness (QED) is 0.737. The summed E-state index contributed by atoms with van der Waals surface area (Å²) in [5.74, 6) is 0. The number of aryl methyl sites for hydroxylation is 1. The molecule has 0 radical (unpaired) electrons. The van der Waals surface area contributed by atoms with E-state index in [1.54, 1.807) is 27.7 Å². The topological polar surface area (TPSA) is 65.8 Å². The largest absolute Gasteiger partial charge is 0.398 e. The van der Waals surface area contributed by atoms with Crippen LogP contribution in [0.3, 0.4) is 0 Å². The Labute approximate surface area is 116 Å². The normalized spacial score (nSPS) is 11.1. The summed E-state index contributed by atoms with van der Waals surface area (Å²) in [4.78, 5) is 16.5. The Kier molecular flexibility index (Phi) is 3.02. The highest BCUT2D eigenvalue weighted by Crippen LogP contribution is 2.22. The molecule has 3 rings (SSSR count). The van der Waals surface area contributed by atoms with Crippen LogP contribution in [0, 0.1) is 0 Å². The minimum atomic E-state index is -0.00611. The van der Waals surface area contributed by atoms with E-state index in [-0.39, 0.29) is 5.69 Å². The number of hydrogen-bond acceptors (Lipinski definition) is 3. The summed E-state index contributed by atoms with van der Waals surface area (Å²) in [5.41, 5.74) is 8.50. The molecule has 0 unspecified atom stereocenters. The van der Waals surface area contributed by atoms with Gasteiger partial charge in [-0.1, -0.05) is 6.07 Å². The standard InChI is InChI=1S/C15H16N4O/c1-2-18-8-9-19(15(18)20)10-11-5-6-13(16)12-4-3-7-17-14(11)12/h3-9H,2,10,16H2,1H3. The first-order valence-corrected chi connectivity index (χ1v) is 6.58. The van der Waals surface area contributed by atoms with Crippen LogP contribution in [0.4, 0.5) is 5.69 Å². The summed E-state index contributed by atoms with van der Waals surface area (Å²) in [6.07, 6.45) is 5.34. The Morgan fingerprint density at radius 3 is 2.75 bits per heavy atom. The zero-order chi connectivity index (χ0) is 14.1. The zero-order valence-corrected chi connectivity index (χ0v) is 11.3. The maximum atomic E-state index is 12.1. The van der Waals surface area contributed by atoms with Crippen molar-refractivity contribution in [2.24, 2.45) is 0 Å². The third-order valence-corrected chi connectivity index (χ3v) is 3.49. The van der Waals surface area contributed by atoms with Crippen LogP contribution in [-0.2, 0) is 13.1 Å². The lowest BCUT2D eigenvalue weighted by molar-refractivity contribution is 0.669. The van der Waals surface area contributed by atoms with E-state index in [2.05, 4.69) is 4.98 Å². The fraction of sp³-hybridized carbons (Fsp3) is 0.200. The second-order valence-electron chi connectivity index (χ2n) is 4.71. The number of nitrogens with zero attached hydrogens (tertiary/aromatic N) is 3. The smallest absolute Gasteiger partial charge is 0.328 e. The molecule has 0 aliphatic rings. The van der Waals surface area contributed by atoms with E-state index in [9.17, 15) is 4.79 Å². The van der Waals surface area contributed by atoms with Gasteiger partial charge in [-0.3, -0.25) is 14.1 Å². The van der Waals surface area contributed by atoms with Gasteiger partial charge in [0.1, 0.15) is 0 Å². The van der Waals surface area contributed by atoms with Gasteiger partial charge in [-0.05, 0) is 30.7 Å². The van der Waals surface area contributed by atoms with Gasteiger partial charge in [0.05, 0.1) is 12.1 Å². The van der Waals surface area contributed by atoms with E-state index in [4.69, 9.17) is 5.73 Å². The van der Waals surface area contributed by atoms with Crippen molar-refractivity contribution >= 4 is 16.6 Å². The molecule has 0 saturated carbocycles. The van der Waals surface area contributed by atoms with Crippen molar-refractivity contribution in [1.29, 1.82) is 0 Å². The Balaban J connectivity index is 2.09. The number of hydrogen-bond donors (Lipinski definition) is 1. The van der Waals surface area contributed by atoms with Crippen molar-refractivity contribution in [2.45, 2.75) is 20.0 Å². The summed E-state index contributed by atoms with van der Waals surface area (Å²) in [7, 11) is 0. The lowest BCUT2D eigenvalue weighted by Gasteiger charge is -2.08. The minimum absolute atomic E-state index is 0.00611. The lowest BCUT2D eigenvalue weighted by Crippen LogP contribution is -2.23. The zero-order valence-electron chi connectivity index (χ0n) is 11.3. The molecule has 5 nitrogen and oxygen atoms in total. The van der Waals surface area contributed by atoms with Crippen LogP contribution < -0.4 is 11.4 Å². The highest BCUT2D eigenvalue weighted by molar-refractivity contribution is 5.92. The van der Waals surface area contributed by atoms with Crippen molar-refractivity contribution < 1.29 is 0 Å². The van der Waals surface area contributed by atoms with E-state index in [1.165, 1.54) is 0 Å². The molecular formula is C15H16N4O. The second-order valence-corrected chi connectivity index (χ2v) is 4.71. The van der Waals surface area contributed by atoms with E-state index in [0.29, 0.717) is 18.8 Å². The molecule has 2 heterocycles. The van der Waals surface area contributed by atoms with Gasteiger partial charge in [-0.15, -0.1) is 0 Å². The first-order valence-electron chi connectivity index (χ1n) is 6.58. The molecule has 0 aliphatic carbocycles. The average molecular weight is 268 g/mol. The number of pyridine rings is 1. The second kappa shape index (κ2) is 4.85. The van der Waals surface area contributed by atoms with Gasteiger partial charge in [-0.25, -0.2) is 4.79 Å². The van der Waals surface area contributed by atoms with Crippen molar-refractivity contribution in [3.8, 4) is 0 Å². The Morgan fingerprint density at radius 1 is 1.20 bits per heavy atom. The van der Waals surface area contributed by atoms with Crippen molar-refractivity contribution in [1.82, 2.24) is 14.1 Å². The van der Waals surface area contributed by atoms with E-state index in [1.807, 2.05) is 31.2 Å². The van der Waals surface area contributed by atoms with Crippen LogP contribution in [-0.4, -0.2) is 14.1 Å². The number of benzene rings is 1. The van der Waals surface area contributed by atoms with Gasteiger partial charge in [0, 0.05) is 36.2 Å². The third-order valence-electron chi connectivity index (χ3n) is 3.49. The molecule has 0 spiro atoms. The maximum absolute atomic E-state index is 12.1. The number of rotatable bonds is 3. The highest BCUT2D eigenvalue weighted by atomic mass is 16.1. The van der Waals surface area contributed by atoms with Gasteiger partial charge in [0.25, 0.3) is 0 Å². The number of nitrogen functional groups attached to an aromatic ring is 1. The van der Waals surface area contributed by atoms with Crippen LogP contribution in [0.15, 0.2) is 47.7 Å². The molecule has 2 N–H and O–H groups in total. The molecule has 3 aromatic rings. The van der Waals surface area contributed by atoms with Crippen LogP contribution in [0.1, 0.15) is 12.5 Å². The van der Waals surface area contributed by atoms with Crippen molar-refractivity contribution in [2.75, 3.05) is 5.73 Å². The Morgan fingerprint density at radius 2 is 2.00 bits per heavy atom. The summed E-state index contributed by atoms with van der Waals surface area (Å²) in [6, 6.07) is 7.60. The van der Waals surface area contributed by atoms with Crippen molar-refractivity contribution in [3.63, 3.8) is 0 Å². The fourth-order valence-electron chi connectivity index (χ4n) is 2.38. The van der Waals surface area contributed by atoms with Gasteiger partial charge in [0.2, 0.25) is 0 Å². The van der Waals surface area contributed by atoms with E-state index >= 15 is 0 Å². The van der Waals surface area contributed by atoms with Crippen LogP contribution in [0.25, 0.3) is 10.9 Å². The molecule has 0 aliphatic heterocycles. The number of aromatic nitrogens is 3. The first kappa shape index (κ1) is 12.5. The molecule has 0 saturated heterocycles. The van der Waals surface area contributed by atoms with Crippen LogP contribution in [0.5, 0.6) is 0 Å². The molecule has 1 aromatic carbocycles. The maximum Gasteiger partial charge on any atom is 0.328 e. The summed E-state index contributed by atoms with van der Waals surface area (Å²) in [6.45, 7) is 3.12. The van der Waals surface area contributed by atoms with Crippen molar-refractivity contribution in [3.05, 3.63) is 58.9 Å². The molecule has 0 atom stereocenters. The van der Waals surface area contributed by atoms with E-state index in [0.717, 1.165) is 16.5 Å².